The van der Waals surface area contributed by atoms with E-state index in [2.05, 4.69) is 17.4 Å². The molecule has 2 aromatic rings. The van der Waals surface area contributed by atoms with Gasteiger partial charge in [0.05, 0.1) is 13.1 Å². The van der Waals surface area contributed by atoms with Crippen LogP contribution in [0.25, 0.3) is 0 Å². The highest BCUT2D eigenvalue weighted by Crippen LogP contribution is 2.32. The molecule has 7 nitrogen and oxygen atoms in total. The van der Waals surface area contributed by atoms with E-state index in [9.17, 15) is 14.4 Å². The number of carbonyl (C=O) groups is 3. The predicted octanol–water partition coefficient (Wildman–Crippen LogP) is 1.55. The Balaban J connectivity index is 1.44. The van der Waals surface area contributed by atoms with Crippen molar-refractivity contribution in [1.82, 2.24) is 15.1 Å². The van der Waals surface area contributed by atoms with Crippen molar-refractivity contribution in [2.24, 2.45) is 11.7 Å². The van der Waals surface area contributed by atoms with Crippen LogP contribution in [-0.4, -0.2) is 53.8 Å². The SMILES string of the molecule is NC[C@@H]1CN(C(=O)c2ccc(CN3C(=O)CNC3=O)cc2)C[C@H]1c1ccccc1. The first-order chi connectivity index (χ1) is 14.1. The van der Waals surface area contributed by atoms with Gasteiger partial charge in [-0.3, -0.25) is 14.5 Å². The van der Waals surface area contributed by atoms with Crippen molar-refractivity contribution in [3.63, 3.8) is 0 Å². The minimum Gasteiger partial charge on any atom is -0.338 e. The number of imide groups is 1. The van der Waals surface area contributed by atoms with Gasteiger partial charge in [0.1, 0.15) is 0 Å². The quantitative estimate of drug-likeness (QED) is 0.755. The number of carbonyl (C=O) groups excluding carboxylic acids is 3. The van der Waals surface area contributed by atoms with Gasteiger partial charge in [-0.2, -0.15) is 0 Å². The van der Waals surface area contributed by atoms with E-state index in [1.165, 1.54) is 10.5 Å². The third kappa shape index (κ3) is 3.86. The van der Waals surface area contributed by atoms with E-state index in [-0.39, 0.29) is 42.8 Å². The molecule has 2 heterocycles. The number of benzene rings is 2. The van der Waals surface area contributed by atoms with Gasteiger partial charge in [0.15, 0.2) is 0 Å². The number of likely N-dealkylation sites (tertiary alicyclic amines) is 1. The molecule has 2 atom stereocenters. The summed E-state index contributed by atoms with van der Waals surface area (Å²) in [4.78, 5) is 39.4. The van der Waals surface area contributed by atoms with E-state index in [1.807, 2.05) is 23.1 Å². The van der Waals surface area contributed by atoms with Gasteiger partial charge < -0.3 is 16.0 Å². The van der Waals surface area contributed by atoms with Crippen LogP contribution in [0.5, 0.6) is 0 Å². The minimum atomic E-state index is -0.382. The van der Waals surface area contributed by atoms with Crippen molar-refractivity contribution in [1.29, 1.82) is 0 Å². The fourth-order valence-corrected chi connectivity index (χ4v) is 4.09. The molecule has 0 radical (unpaired) electrons. The lowest BCUT2D eigenvalue weighted by Gasteiger charge is -2.17. The van der Waals surface area contributed by atoms with Crippen molar-refractivity contribution in [3.8, 4) is 0 Å². The molecule has 0 saturated carbocycles. The highest BCUT2D eigenvalue weighted by Gasteiger charge is 2.35. The summed E-state index contributed by atoms with van der Waals surface area (Å²) in [5.41, 5.74) is 8.58. The third-order valence-corrected chi connectivity index (χ3v) is 5.74. The van der Waals surface area contributed by atoms with Crippen LogP contribution < -0.4 is 11.1 Å². The Morgan fingerprint density at radius 3 is 2.38 bits per heavy atom. The first-order valence-electron chi connectivity index (χ1n) is 9.78. The van der Waals surface area contributed by atoms with Gasteiger partial charge >= 0.3 is 6.03 Å². The van der Waals surface area contributed by atoms with Crippen LogP contribution in [0.1, 0.15) is 27.4 Å². The van der Waals surface area contributed by atoms with Crippen molar-refractivity contribution in [2.75, 3.05) is 26.2 Å². The number of hydrogen-bond donors (Lipinski definition) is 2. The predicted molar refractivity (Wildman–Crippen MR) is 108 cm³/mol. The number of hydrogen-bond acceptors (Lipinski definition) is 4. The first kappa shape index (κ1) is 19.1. The number of nitrogens with zero attached hydrogens (tertiary/aromatic N) is 2. The molecule has 0 aromatic heterocycles. The summed E-state index contributed by atoms with van der Waals surface area (Å²) >= 11 is 0. The zero-order valence-corrected chi connectivity index (χ0v) is 16.1. The number of nitrogens with two attached hydrogens (primary N) is 1. The van der Waals surface area contributed by atoms with Gasteiger partial charge in [-0.15, -0.1) is 0 Å². The summed E-state index contributed by atoms with van der Waals surface area (Å²) < 4.78 is 0. The van der Waals surface area contributed by atoms with Gasteiger partial charge in [0, 0.05) is 24.6 Å². The van der Waals surface area contributed by atoms with E-state index in [0.717, 1.165) is 5.56 Å². The first-order valence-corrected chi connectivity index (χ1v) is 9.78. The van der Waals surface area contributed by atoms with E-state index < -0.39 is 0 Å². The average Bonchev–Trinajstić information content (AvgIpc) is 3.33. The summed E-state index contributed by atoms with van der Waals surface area (Å²) in [5.74, 6) is 0.208. The molecule has 4 rings (SSSR count). The molecule has 7 heteroatoms. The third-order valence-electron chi connectivity index (χ3n) is 5.74. The van der Waals surface area contributed by atoms with Gasteiger partial charge in [-0.05, 0) is 35.7 Å². The summed E-state index contributed by atoms with van der Waals surface area (Å²) in [5, 5.41) is 2.50. The second-order valence-electron chi connectivity index (χ2n) is 7.56. The maximum atomic E-state index is 13.0. The zero-order chi connectivity index (χ0) is 20.4. The smallest absolute Gasteiger partial charge is 0.324 e. The second kappa shape index (κ2) is 8.05. The molecule has 4 amide bonds. The molecule has 150 valence electrons. The largest absolute Gasteiger partial charge is 0.338 e. The fraction of sp³-hybridized carbons (Fsp3) is 0.318. The summed E-state index contributed by atoms with van der Waals surface area (Å²) in [6, 6.07) is 16.9. The Bertz CT molecular complexity index is 897. The van der Waals surface area contributed by atoms with Crippen LogP contribution >= 0.6 is 0 Å². The average molecular weight is 392 g/mol. The van der Waals surface area contributed by atoms with Crippen molar-refractivity contribution < 1.29 is 14.4 Å². The molecule has 0 bridgehead atoms. The van der Waals surface area contributed by atoms with Crippen molar-refractivity contribution in [2.45, 2.75) is 12.5 Å². The van der Waals surface area contributed by atoms with Crippen LogP contribution in [0, 0.1) is 5.92 Å². The van der Waals surface area contributed by atoms with Gasteiger partial charge in [-0.1, -0.05) is 42.5 Å². The zero-order valence-electron chi connectivity index (χ0n) is 16.1. The molecule has 2 aliphatic heterocycles. The molecule has 2 aliphatic rings. The lowest BCUT2D eigenvalue weighted by molar-refractivity contribution is -0.125. The number of nitrogens with one attached hydrogen (secondary N) is 1. The lowest BCUT2D eigenvalue weighted by Crippen LogP contribution is -2.31. The molecule has 0 spiro atoms. The lowest BCUT2D eigenvalue weighted by atomic mass is 9.89. The number of urea groups is 1. The monoisotopic (exact) mass is 392 g/mol. The maximum absolute atomic E-state index is 13.0. The molecular weight excluding hydrogens is 368 g/mol. The Labute approximate surface area is 169 Å². The fourth-order valence-electron chi connectivity index (χ4n) is 4.09. The van der Waals surface area contributed by atoms with Gasteiger partial charge in [-0.25, -0.2) is 4.79 Å². The molecule has 0 unspecified atom stereocenters. The summed E-state index contributed by atoms with van der Waals surface area (Å²) in [6.07, 6.45) is 0. The Morgan fingerprint density at radius 1 is 1.03 bits per heavy atom. The van der Waals surface area contributed by atoms with Crippen molar-refractivity contribution in [3.05, 3.63) is 71.3 Å². The standard InChI is InChI=1S/C22H24N4O3/c23-10-18-13-25(14-19(18)16-4-2-1-3-5-16)21(28)17-8-6-15(7-9-17)12-26-20(27)11-24-22(26)29/h1-9,18-19H,10-14,23H2,(H,24,29)/t18-,19+/m1/s1. The van der Waals surface area contributed by atoms with E-state index in [4.69, 9.17) is 5.73 Å². The second-order valence-corrected chi connectivity index (χ2v) is 7.56. The number of amides is 4. The Hall–Kier alpha value is -3.19. The normalized spacial score (nSPS) is 21.6. The molecule has 2 saturated heterocycles. The summed E-state index contributed by atoms with van der Waals surface area (Å²) in [6.45, 7) is 2.06. The van der Waals surface area contributed by atoms with Gasteiger partial charge in [0.2, 0.25) is 5.91 Å². The molecule has 2 fully saturated rings. The van der Waals surface area contributed by atoms with E-state index in [1.54, 1.807) is 24.3 Å². The Kier molecular flexibility index (Phi) is 5.31. The van der Waals surface area contributed by atoms with E-state index in [0.29, 0.717) is 25.2 Å². The Morgan fingerprint density at radius 2 is 1.76 bits per heavy atom. The van der Waals surface area contributed by atoms with Crippen molar-refractivity contribution >= 4 is 17.8 Å². The summed E-state index contributed by atoms with van der Waals surface area (Å²) in [7, 11) is 0. The highest BCUT2D eigenvalue weighted by molar-refractivity contribution is 6.01. The molecule has 0 aliphatic carbocycles. The molecular formula is C22H24N4O3. The highest BCUT2D eigenvalue weighted by atomic mass is 16.2. The van der Waals surface area contributed by atoms with Crippen LogP contribution in [0.2, 0.25) is 0 Å². The topological polar surface area (TPSA) is 95.7 Å². The van der Waals surface area contributed by atoms with Gasteiger partial charge in [0.25, 0.3) is 5.91 Å². The molecule has 3 N–H and O–H groups in total. The number of rotatable bonds is 5. The van der Waals surface area contributed by atoms with Crippen LogP contribution in [0.4, 0.5) is 4.79 Å². The van der Waals surface area contributed by atoms with Crippen LogP contribution in [-0.2, 0) is 11.3 Å². The van der Waals surface area contributed by atoms with Crippen LogP contribution in [0.3, 0.4) is 0 Å². The van der Waals surface area contributed by atoms with E-state index >= 15 is 0 Å². The molecule has 29 heavy (non-hydrogen) atoms. The van der Waals surface area contributed by atoms with Crippen LogP contribution in [0.15, 0.2) is 54.6 Å². The minimum absolute atomic E-state index is 0.0246. The maximum Gasteiger partial charge on any atom is 0.324 e. The molecule has 2 aromatic carbocycles.